The highest BCUT2D eigenvalue weighted by molar-refractivity contribution is 6.19. The number of likely N-dealkylation sites (tertiary alicyclic amines) is 1. The van der Waals surface area contributed by atoms with Crippen LogP contribution in [0.1, 0.15) is 39.5 Å². The van der Waals surface area contributed by atoms with Crippen LogP contribution in [0.4, 0.5) is 4.79 Å². The molecule has 116 valence electrons. The van der Waals surface area contributed by atoms with Gasteiger partial charge in [0.25, 0.3) is 0 Å². The van der Waals surface area contributed by atoms with Gasteiger partial charge in [-0.3, -0.25) is 19.8 Å². The van der Waals surface area contributed by atoms with Crippen molar-refractivity contribution in [3.8, 4) is 0 Å². The van der Waals surface area contributed by atoms with Crippen molar-refractivity contribution < 1.29 is 14.4 Å². The molecule has 1 saturated carbocycles. The number of barbiturate groups is 1. The molecule has 1 N–H and O–H groups in total. The number of imide groups is 2. The van der Waals surface area contributed by atoms with Gasteiger partial charge in [-0.1, -0.05) is 6.42 Å². The van der Waals surface area contributed by atoms with Crippen molar-refractivity contribution in [2.24, 2.45) is 11.3 Å². The van der Waals surface area contributed by atoms with Crippen molar-refractivity contribution in [1.29, 1.82) is 0 Å². The molecule has 0 aromatic heterocycles. The Bertz CT molecular complexity index is 485. The summed E-state index contributed by atoms with van der Waals surface area (Å²) in [6.45, 7) is 6.67. The molecule has 2 aliphatic heterocycles. The highest BCUT2D eigenvalue weighted by Gasteiger charge is 2.57. The van der Waals surface area contributed by atoms with E-state index in [0.29, 0.717) is 31.3 Å². The Balaban J connectivity index is 1.69. The Hall–Kier alpha value is -1.43. The van der Waals surface area contributed by atoms with Gasteiger partial charge < -0.3 is 4.90 Å². The standard InChI is InChI=1S/C15H23N3O3/c1-10(2)17-7-4-11(8-17)9-18-13(20)15(5-3-6-15)12(19)16-14(18)21/h10-11H,3-9H2,1-2H3,(H,16,19,21). The number of rotatable bonds is 3. The van der Waals surface area contributed by atoms with E-state index in [-0.39, 0.29) is 5.91 Å². The molecule has 6 heteroatoms. The maximum Gasteiger partial charge on any atom is 0.330 e. The quantitative estimate of drug-likeness (QED) is 0.787. The van der Waals surface area contributed by atoms with Gasteiger partial charge in [-0.25, -0.2) is 4.79 Å². The number of nitrogens with one attached hydrogen (secondary N) is 1. The van der Waals surface area contributed by atoms with Gasteiger partial charge in [0.1, 0.15) is 5.41 Å². The first kappa shape index (κ1) is 14.5. The molecule has 4 amide bonds. The second-order valence-electron chi connectivity index (χ2n) is 6.85. The summed E-state index contributed by atoms with van der Waals surface area (Å²) in [5.74, 6) is -0.354. The number of hydrogen-bond donors (Lipinski definition) is 1. The minimum Gasteiger partial charge on any atom is -0.301 e. The van der Waals surface area contributed by atoms with Crippen LogP contribution in [-0.2, 0) is 9.59 Å². The lowest BCUT2D eigenvalue weighted by Gasteiger charge is -2.45. The molecule has 3 fully saturated rings. The molecule has 3 aliphatic rings. The number of amides is 4. The zero-order valence-electron chi connectivity index (χ0n) is 12.7. The Morgan fingerprint density at radius 1 is 1.29 bits per heavy atom. The van der Waals surface area contributed by atoms with Crippen molar-refractivity contribution >= 4 is 17.8 Å². The Labute approximate surface area is 124 Å². The van der Waals surface area contributed by atoms with E-state index in [9.17, 15) is 14.4 Å². The summed E-state index contributed by atoms with van der Waals surface area (Å²) in [5.41, 5.74) is -0.940. The van der Waals surface area contributed by atoms with Crippen molar-refractivity contribution in [3.63, 3.8) is 0 Å². The van der Waals surface area contributed by atoms with Gasteiger partial charge in [0.2, 0.25) is 11.8 Å². The van der Waals surface area contributed by atoms with Crippen LogP contribution >= 0.6 is 0 Å². The highest BCUT2D eigenvalue weighted by atomic mass is 16.2. The van der Waals surface area contributed by atoms with E-state index < -0.39 is 17.4 Å². The SMILES string of the molecule is CC(C)N1CCC(CN2C(=O)NC(=O)C3(CCC3)C2=O)C1. The fraction of sp³-hybridized carbons (Fsp3) is 0.800. The van der Waals surface area contributed by atoms with Crippen LogP contribution in [0.25, 0.3) is 0 Å². The summed E-state index contributed by atoms with van der Waals surface area (Å²) in [4.78, 5) is 40.2. The zero-order chi connectivity index (χ0) is 15.2. The molecule has 0 bridgehead atoms. The maximum absolute atomic E-state index is 12.6. The van der Waals surface area contributed by atoms with Gasteiger partial charge in [0, 0.05) is 19.1 Å². The van der Waals surface area contributed by atoms with Crippen LogP contribution < -0.4 is 5.32 Å². The highest BCUT2D eigenvalue weighted by Crippen LogP contribution is 2.44. The molecule has 0 aromatic rings. The molecule has 0 aromatic carbocycles. The van der Waals surface area contributed by atoms with Crippen LogP contribution in [0.5, 0.6) is 0 Å². The smallest absolute Gasteiger partial charge is 0.301 e. The van der Waals surface area contributed by atoms with E-state index in [0.717, 1.165) is 25.9 Å². The Morgan fingerprint density at radius 2 is 2.00 bits per heavy atom. The van der Waals surface area contributed by atoms with Crippen molar-refractivity contribution in [2.45, 2.75) is 45.6 Å². The molecular weight excluding hydrogens is 270 g/mol. The Kier molecular flexibility index (Phi) is 3.51. The van der Waals surface area contributed by atoms with E-state index in [4.69, 9.17) is 0 Å². The first-order valence-corrected chi connectivity index (χ1v) is 7.85. The van der Waals surface area contributed by atoms with Gasteiger partial charge in [0.15, 0.2) is 0 Å². The molecule has 2 heterocycles. The second kappa shape index (κ2) is 5.09. The zero-order valence-corrected chi connectivity index (χ0v) is 12.7. The third-order valence-corrected chi connectivity index (χ3v) is 5.25. The average molecular weight is 293 g/mol. The predicted molar refractivity (Wildman–Crippen MR) is 76.4 cm³/mol. The molecule has 1 spiro atoms. The summed E-state index contributed by atoms with van der Waals surface area (Å²) in [5, 5.41) is 2.37. The number of carbonyl (C=O) groups excluding carboxylic acids is 3. The first-order chi connectivity index (χ1) is 9.94. The van der Waals surface area contributed by atoms with Crippen molar-refractivity contribution in [2.75, 3.05) is 19.6 Å². The first-order valence-electron chi connectivity index (χ1n) is 7.85. The number of nitrogens with zero attached hydrogens (tertiary/aromatic N) is 2. The van der Waals surface area contributed by atoms with Crippen LogP contribution in [0.3, 0.4) is 0 Å². The lowest BCUT2D eigenvalue weighted by atomic mass is 9.66. The lowest BCUT2D eigenvalue weighted by Crippen LogP contribution is -2.66. The second-order valence-corrected chi connectivity index (χ2v) is 6.85. The average Bonchev–Trinajstić information content (AvgIpc) is 2.81. The van der Waals surface area contributed by atoms with E-state index in [1.54, 1.807) is 0 Å². The fourth-order valence-corrected chi connectivity index (χ4v) is 3.61. The number of hydrogen-bond acceptors (Lipinski definition) is 4. The molecule has 6 nitrogen and oxygen atoms in total. The monoisotopic (exact) mass is 293 g/mol. The summed E-state index contributed by atoms with van der Waals surface area (Å²) in [7, 11) is 0. The Morgan fingerprint density at radius 3 is 2.52 bits per heavy atom. The molecule has 1 unspecified atom stereocenters. The summed E-state index contributed by atoms with van der Waals surface area (Å²) < 4.78 is 0. The molecule has 21 heavy (non-hydrogen) atoms. The van der Waals surface area contributed by atoms with Crippen molar-refractivity contribution in [3.05, 3.63) is 0 Å². The minimum absolute atomic E-state index is 0.273. The van der Waals surface area contributed by atoms with Gasteiger partial charge in [-0.2, -0.15) is 0 Å². The molecule has 2 saturated heterocycles. The van der Waals surface area contributed by atoms with Gasteiger partial charge in [0.05, 0.1) is 0 Å². The van der Waals surface area contributed by atoms with E-state index in [1.807, 2.05) is 0 Å². The molecule has 3 rings (SSSR count). The number of carbonyl (C=O) groups is 3. The maximum atomic E-state index is 12.6. The largest absolute Gasteiger partial charge is 0.330 e. The van der Waals surface area contributed by atoms with E-state index in [2.05, 4.69) is 24.1 Å². The van der Waals surface area contributed by atoms with Crippen LogP contribution in [0.15, 0.2) is 0 Å². The van der Waals surface area contributed by atoms with Crippen LogP contribution in [0, 0.1) is 11.3 Å². The molecule has 0 radical (unpaired) electrons. The summed E-state index contributed by atoms with van der Waals surface area (Å²) in [6, 6.07) is -0.0500. The molecule has 1 aliphatic carbocycles. The normalized spacial score (nSPS) is 29.2. The van der Waals surface area contributed by atoms with E-state index >= 15 is 0 Å². The van der Waals surface area contributed by atoms with Gasteiger partial charge in [-0.15, -0.1) is 0 Å². The predicted octanol–water partition coefficient (Wildman–Crippen LogP) is 0.965. The fourth-order valence-electron chi connectivity index (χ4n) is 3.61. The third kappa shape index (κ3) is 2.25. The minimum atomic E-state index is -0.940. The number of urea groups is 1. The topological polar surface area (TPSA) is 69.7 Å². The summed E-state index contributed by atoms with van der Waals surface area (Å²) >= 11 is 0. The van der Waals surface area contributed by atoms with E-state index in [1.165, 1.54) is 4.90 Å². The van der Waals surface area contributed by atoms with Crippen LogP contribution in [0.2, 0.25) is 0 Å². The third-order valence-electron chi connectivity index (χ3n) is 5.25. The van der Waals surface area contributed by atoms with Crippen LogP contribution in [-0.4, -0.2) is 53.3 Å². The van der Waals surface area contributed by atoms with Gasteiger partial charge >= 0.3 is 6.03 Å². The van der Waals surface area contributed by atoms with Crippen molar-refractivity contribution in [1.82, 2.24) is 15.1 Å². The lowest BCUT2D eigenvalue weighted by molar-refractivity contribution is -0.158. The molecular formula is C15H23N3O3. The van der Waals surface area contributed by atoms with Gasteiger partial charge in [-0.05, 0) is 45.6 Å². The molecule has 1 atom stereocenters. The summed E-state index contributed by atoms with van der Waals surface area (Å²) in [6.07, 6.45) is 3.02.